The summed E-state index contributed by atoms with van der Waals surface area (Å²) in [5.74, 6) is 0.435. The number of oxazole rings is 1. The number of carbonyl (C=O) groups is 1. The van der Waals surface area contributed by atoms with Gasteiger partial charge in [0.25, 0.3) is 5.91 Å². The molecular formula is C23H22N6O4. The van der Waals surface area contributed by atoms with E-state index in [0.717, 1.165) is 18.4 Å². The summed E-state index contributed by atoms with van der Waals surface area (Å²) < 4.78 is 10.9. The number of nitrogens with two attached hydrogens (primary N) is 1. The minimum atomic E-state index is -0.519. The first kappa shape index (κ1) is 20.6. The first-order valence-corrected chi connectivity index (χ1v) is 10.5. The molecule has 4 aromatic rings. The molecule has 0 spiro atoms. The van der Waals surface area contributed by atoms with Crippen molar-refractivity contribution in [2.24, 2.45) is 0 Å². The number of hydrogen-bond donors (Lipinski definition) is 4. The van der Waals surface area contributed by atoms with Gasteiger partial charge in [-0.3, -0.25) is 9.78 Å². The molecule has 0 bridgehead atoms. The summed E-state index contributed by atoms with van der Waals surface area (Å²) >= 11 is 0. The SMILES string of the molecule is Cc1c(Nc2ccc3oc(=O)[nH]c3c2)nc(N)nc1-c1ccccc1OCC(=O)NC1CC1. The van der Waals surface area contributed by atoms with E-state index >= 15 is 0 Å². The van der Waals surface area contributed by atoms with Crippen molar-refractivity contribution in [3.05, 3.63) is 58.6 Å². The molecule has 1 aliphatic rings. The van der Waals surface area contributed by atoms with E-state index in [1.54, 1.807) is 24.3 Å². The van der Waals surface area contributed by atoms with Gasteiger partial charge < -0.3 is 25.5 Å². The summed E-state index contributed by atoms with van der Waals surface area (Å²) in [6.45, 7) is 1.78. The number of nitrogens with one attached hydrogen (secondary N) is 3. The Hall–Kier alpha value is -4.34. The maximum atomic E-state index is 12.1. The fourth-order valence-corrected chi connectivity index (χ4v) is 3.51. The van der Waals surface area contributed by atoms with Crippen LogP contribution in [-0.2, 0) is 4.79 Å². The lowest BCUT2D eigenvalue weighted by Gasteiger charge is -2.16. The highest BCUT2D eigenvalue weighted by molar-refractivity contribution is 5.81. The number of nitrogen functional groups attached to an aromatic ring is 1. The molecule has 5 N–H and O–H groups in total. The summed E-state index contributed by atoms with van der Waals surface area (Å²) in [5, 5.41) is 6.13. The van der Waals surface area contributed by atoms with Crippen molar-refractivity contribution in [3.8, 4) is 17.0 Å². The second kappa shape index (κ2) is 8.30. The normalized spacial score (nSPS) is 13.1. The number of para-hydroxylation sites is 1. The average Bonchev–Trinajstić information content (AvgIpc) is 3.52. The van der Waals surface area contributed by atoms with Crippen LogP contribution in [0, 0.1) is 6.92 Å². The van der Waals surface area contributed by atoms with Gasteiger partial charge in [-0.15, -0.1) is 0 Å². The number of anilines is 3. The predicted octanol–water partition coefficient (Wildman–Crippen LogP) is 2.87. The van der Waals surface area contributed by atoms with Crippen LogP contribution in [0.4, 0.5) is 17.5 Å². The Morgan fingerprint density at radius 1 is 1.24 bits per heavy atom. The van der Waals surface area contributed by atoms with E-state index in [-0.39, 0.29) is 24.5 Å². The van der Waals surface area contributed by atoms with Crippen LogP contribution in [0.2, 0.25) is 0 Å². The highest BCUT2D eigenvalue weighted by atomic mass is 16.5. The maximum Gasteiger partial charge on any atom is 0.417 e. The van der Waals surface area contributed by atoms with Gasteiger partial charge in [0.2, 0.25) is 5.95 Å². The molecule has 0 saturated heterocycles. The lowest BCUT2D eigenvalue weighted by Crippen LogP contribution is -2.30. The molecular weight excluding hydrogens is 424 g/mol. The Kier molecular flexibility index (Phi) is 5.17. The zero-order valence-corrected chi connectivity index (χ0v) is 17.8. The molecule has 10 nitrogen and oxygen atoms in total. The summed E-state index contributed by atoms with van der Waals surface area (Å²) in [4.78, 5) is 34.9. The molecule has 10 heteroatoms. The third-order valence-electron chi connectivity index (χ3n) is 5.29. The number of benzene rings is 2. The number of hydrogen-bond acceptors (Lipinski definition) is 8. The van der Waals surface area contributed by atoms with Gasteiger partial charge in [0.1, 0.15) is 11.6 Å². The molecule has 0 atom stereocenters. The van der Waals surface area contributed by atoms with Crippen molar-refractivity contribution in [1.29, 1.82) is 0 Å². The number of aromatic amines is 1. The molecule has 1 amide bonds. The molecule has 1 fully saturated rings. The molecule has 168 valence electrons. The fraction of sp³-hybridized carbons (Fsp3) is 0.217. The monoisotopic (exact) mass is 446 g/mol. The largest absolute Gasteiger partial charge is 0.483 e. The molecule has 33 heavy (non-hydrogen) atoms. The van der Waals surface area contributed by atoms with E-state index in [0.29, 0.717) is 39.6 Å². The minimum absolute atomic E-state index is 0.0807. The third kappa shape index (κ3) is 4.49. The van der Waals surface area contributed by atoms with E-state index in [1.807, 2.05) is 25.1 Å². The molecule has 2 aromatic heterocycles. The van der Waals surface area contributed by atoms with Crippen molar-refractivity contribution in [2.75, 3.05) is 17.7 Å². The zero-order valence-electron chi connectivity index (χ0n) is 17.8. The Balaban J connectivity index is 1.44. The number of rotatable bonds is 7. The van der Waals surface area contributed by atoms with E-state index < -0.39 is 5.76 Å². The molecule has 0 aliphatic heterocycles. The number of amides is 1. The van der Waals surface area contributed by atoms with Crippen LogP contribution in [0.5, 0.6) is 5.75 Å². The average molecular weight is 446 g/mol. The zero-order chi connectivity index (χ0) is 22.9. The van der Waals surface area contributed by atoms with Gasteiger partial charge in [-0.05, 0) is 50.1 Å². The van der Waals surface area contributed by atoms with E-state index in [2.05, 4.69) is 25.6 Å². The van der Waals surface area contributed by atoms with Gasteiger partial charge in [-0.25, -0.2) is 9.78 Å². The summed E-state index contributed by atoms with van der Waals surface area (Å²) in [6, 6.07) is 12.8. The molecule has 5 rings (SSSR count). The van der Waals surface area contributed by atoms with Crippen LogP contribution in [-0.4, -0.2) is 33.5 Å². The van der Waals surface area contributed by atoms with Gasteiger partial charge in [-0.1, -0.05) is 12.1 Å². The topological polar surface area (TPSA) is 148 Å². The fourth-order valence-electron chi connectivity index (χ4n) is 3.51. The first-order chi connectivity index (χ1) is 16.0. The lowest BCUT2D eigenvalue weighted by atomic mass is 10.1. The maximum absolute atomic E-state index is 12.1. The van der Waals surface area contributed by atoms with Gasteiger partial charge >= 0.3 is 5.76 Å². The molecule has 0 radical (unpaired) electrons. The predicted molar refractivity (Wildman–Crippen MR) is 123 cm³/mol. The molecule has 2 aromatic carbocycles. The Morgan fingerprint density at radius 2 is 2.06 bits per heavy atom. The Labute approximate surface area is 188 Å². The Bertz CT molecular complexity index is 1410. The highest BCUT2D eigenvalue weighted by Crippen LogP contribution is 2.34. The van der Waals surface area contributed by atoms with Crippen LogP contribution in [0.1, 0.15) is 18.4 Å². The van der Waals surface area contributed by atoms with Gasteiger partial charge in [0.05, 0.1) is 11.2 Å². The lowest BCUT2D eigenvalue weighted by molar-refractivity contribution is -0.123. The number of carbonyl (C=O) groups excluding carboxylic acids is 1. The van der Waals surface area contributed by atoms with E-state index in [9.17, 15) is 9.59 Å². The summed E-state index contributed by atoms with van der Waals surface area (Å²) in [6.07, 6.45) is 2.03. The van der Waals surface area contributed by atoms with Crippen LogP contribution in [0.3, 0.4) is 0 Å². The van der Waals surface area contributed by atoms with E-state index in [4.69, 9.17) is 14.9 Å². The second-order valence-electron chi connectivity index (χ2n) is 7.88. The number of aromatic nitrogens is 3. The summed E-state index contributed by atoms with van der Waals surface area (Å²) in [7, 11) is 0. The van der Waals surface area contributed by atoms with Crippen LogP contribution in [0.25, 0.3) is 22.4 Å². The van der Waals surface area contributed by atoms with Crippen LogP contribution >= 0.6 is 0 Å². The Morgan fingerprint density at radius 3 is 2.88 bits per heavy atom. The number of fused-ring (bicyclic) bond motifs is 1. The molecule has 1 saturated carbocycles. The number of nitrogens with zero attached hydrogens (tertiary/aromatic N) is 2. The minimum Gasteiger partial charge on any atom is -0.483 e. The second-order valence-corrected chi connectivity index (χ2v) is 7.88. The van der Waals surface area contributed by atoms with Crippen molar-refractivity contribution >= 4 is 34.5 Å². The molecule has 1 aliphatic carbocycles. The van der Waals surface area contributed by atoms with Gasteiger partial charge in [0.15, 0.2) is 12.2 Å². The van der Waals surface area contributed by atoms with Crippen LogP contribution < -0.4 is 26.9 Å². The number of H-pyrrole nitrogens is 1. The smallest absolute Gasteiger partial charge is 0.417 e. The van der Waals surface area contributed by atoms with E-state index in [1.165, 1.54) is 0 Å². The van der Waals surface area contributed by atoms with Crippen LogP contribution in [0.15, 0.2) is 51.7 Å². The molecule has 0 unspecified atom stereocenters. The highest BCUT2D eigenvalue weighted by Gasteiger charge is 2.23. The van der Waals surface area contributed by atoms with Gasteiger partial charge in [0, 0.05) is 22.9 Å². The first-order valence-electron chi connectivity index (χ1n) is 10.5. The molecule has 2 heterocycles. The third-order valence-corrected chi connectivity index (χ3v) is 5.29. The van der Waals surface area contributed by atoms with Crippen molar-refractivity contribution < 1.29 is 13.9 Å². The van der Waals surface area contributed by atoms with Crippen molar-refractivity contribution in [1.82, 2.24) is 20.3 Å². The number of ether oxygens (including phenoxy) is 1. The van der Waals surface area contributed by atoms with Crippen molar-refractivity contribution in [2.45, 2.75) is 25.8 Å². The van der Waals surface area contributed by atoms with Crippen molar-refractivity contribution in [3.63, 3.8) is 0 Å². The van der Waals surface area contributed by atoms with Gasteiger partial charge in [-0.2, -0.15) is 4.98 Å². The quantitative estimate of drug-likeness (QED) is 0.339. The standard InChI is InChI=1S/C23H22N6O4/c1-12-20(15-4-2-3-5-17(15)32-11-19(30)25-13-6-7-13)28-22(24)29-21(12)26-14-8-9-18-16(10-14)27-23(31)33-18/h2-5,8-10,13H,6-7,11H2,1H3,(H,25,30)(H,27,31)(H3,24,26,28,29). The summed E-state index contributed by atoms with van der Waals surface area (Å²) in [5.41, 5.74) is 9.75.